The maximum Gasteiger partial charge on any atom is 0.321 e. The summed E-state index contributed by atoms with van der Waals surface area (Å²) in [6, 6.07) is 7.72. The Kier molecular flexibility index (Phi) is 3.26. The SMILES string of the molecule is CC(C)CN1Cc2[nH]c3ccccc3c2C[C@H]1C(=O)O. The molecule has 4 nitrogen and oxygen atoms in total. The van der Waals surface area contributed by atoms with Crippen molar-refractivity contribution in [2.24, 2.45) is 5.92 Å². The van der Waals surface area contributed by atoms with Crippen molar-refractivity contribution in [3.05, 3.63) is 35.5 Å². The first kappa shape index (κ1) is 13.2. The average molecular weight is 272 g/mol. The summed E-state index contributed by atoms with van der Waals surface area (Å²) < 4.78 is 0. The van der Waals surface area contributed by atoms with Crippen molar-refractivity contribution in [3.8, 4) is 0 Å². The molecule has 1 aromatic heterocycles. The number of nitrogens with zero attached hydrogens (tertiary/aromatic N) is 1. The molecule has 3 rings (SSSR count). The third kappa shape index (κ3) is 2.20. The Hall–Kier alpha value is -1.81. The van der Waals surface area contributed by atoms with Crippen molar-refractivity contribution < 1.29 is 9.90 Å². The highest BCUT2D eigenvalue weighted by molar-refractivity contribution is 5.86. The van der Waals surface area contributed by atoms with E-state index < -0.39 is 12.0 Å². The molecule has 2 N–H and O–H groups in total. The number of nitrogens with one attached hydrogen (secondary N) is 1. The number of aromatic nitrogens is 1. The molecule has 1 aliphatic heterocycles. The van der Waals surface area contributed by atoms with Crippen molar-refractivity contribution in [3.63, 3.8) is 0 Å². The van der Waals surface area contributed by atoms with Gasteiger partial charge in [0, 0.05) is 36.1 Å². The lowest BCUT2D eigenvalue weighted by Gasteiger charge is -2.34. The van der Waals surface area contributed by atoms with E-state index in [-0.39, 0.29) is 0 Å². The number of carboxylic acids is 1. The lowest BCUT2D eigenvalue weighted by molar-refractivity contribution is -0.144. The number of benzene rings is 1. The van der Waals surface area contributed by atoms with E-state index >= 15 is 0 Å². The van der Waals surface area contributed by atoms with E-state index in [0.717, 1.165) is 17.4 Å². The van der Waals surface area contributed by atoms with Crippen LogP contribution in [0.2, 0.25) is 0 Å². The summed E-state index contributed by atoms with van der Waals surface area (Å²) in [7, 11) is 0. The molecule has 106 valence electrons. The van der Waals surface area contributed by atoms with Crippen LogP contribution >= 0.6 is 0 Å². The molecule has 4 heteroatoms. The topological polar surface area (TPSA) is 56.3 Å². The van der Waals surface area contributed by atoms with Crippen LogP contribution in [0.4, 0.5) is 0 Å². The Bertz CT molecular complexity index is 645. The predicted octanol–water partition coefficient (Wildman–Crippen LogP) is 2.64. The number of rotatable bonds is 3. The normalized spacial score (nSPS) is 19.4. The fourth-order valence-corrected chi connectivity index (χ4v) is 3.16. The minimum absolute atomic E-state index is 0.413. The standard InChI is InChI=1S/C16H20N2O2/c1-10(2)8-18-9-14-12(7-15(18)16(19)20)11-5-3-4-6-13(11)17-14/h3-6,10,15,17H,7-9H2,1-2H3,(H,19,20)/t15-/m0/s1. The lowest BCUT2D eigenvalue weighted by atomic mass is 9.96. The molecule has 0 saturated carbocycles. The zero-order chi connectivity index (χ0) is 14.3. The van der Waals surface area contributed by atoms with Gasteiger partial charge in [0.15, 0.2) is 0 Å². The Balaban J connectivity index is 2.02. The number of hydrogen-bond acceptors (Lipinski definition) is 2. The van der Waals surface area contributed by atoms with Gasteiger partial charge in [0.25, 0.3) is 0 Å². The Morgan fingerprint density at radius 1 is 1.45 bits per heavy atom. The van der Waals surface area contributed by atoms with Crippen molar-refractivity contribution in [1.82, 2.24) is 9.88 Å². The lowest BCUT2D eigenvalue weighted by Crippen LogP contribution is -2.46. The van der Waals surface area contributed by atoms with Gasteiger partial charge in [-0.2, -0.15) is 0 Å². The number of aliphatic carboxylic acids is 1. The summed E-state index contributed by atoms with van der Waals surface area (Å²) in [6.45, 7) is 5.75. The van der Waals surface area contributed by atoms with E-state index in [1.165, 1.54) is 11.3 Å². The molecule has 1 aliphatic rings. The first-order chi connectivity index (χ1) is 9.56. The molecule has 2 aromatic rings. The third-order valence-corrected chi connectivity index (χ3v) is 3.99. The zero-order valence-corrected chi connectivity index (χ0v) is 11.9. The molecule has 0 unspecified atom stereocenters. The molecule has 0 radical (unpaired) electrons. The Labute approximate surface area is 118 Å². The van der Waals surface area contributed by atoms with Gasteiger partial charge >= 0.3 is 5.97 Å². The van der Waals surface area contributed by atoms with Crippen LogP contribution in [0, 0.1) is 5.92 Å². The summed E-state index contributed by atoms with van der Waals surface area (Å²) in [4.78, 5) is 17.1. The van der Waals surface area contributed by atoms with Crippen molar-refractivity contribution in [1.29, 1.82) is 0 Å². The van der Waals surface area contributed by atoms with Crippen molar-refractivity contribution in [2.75, 3.05) is 6.54 Å². The van der Waals surface area contributed by atoms with Crippen LogP contribution < -0.4 is 0 Å². The summed E-state index contributed by atoms with van der Waals surface area (Å²) in [5, 5.41) is 10.7. The van der Waals surface area contributed by atoms with Gasteiger partial charge in [-0.25, -0.2) is 0 Å². The minimum Gasteiger partial charge on any atom is -0.480 e. The highest BCUT2D eigenvalue weighted by Crippen LogP contribution is 2.30. The monoisotopic (exact) mass is 272 g/mol. The van der Waals surface area contributed by atoms with Gasteiger partial charge in [-0.15, -0.1) is 0 Å². The van der Waals surface area contributed by atoms with Crippen molar-refractivity contribution >= 4 is 16.9 Å². The third-order valence-electron chi connectivity index (χ3n) is 3.99. The van der Waals surface area contributed by atoms with Crippen molar-refractivity contribution in [2.45, 2.75) is 32.9 Å². The maximum atomic E-state index is 11.6. The number of aromatic amines is 1. The number of carbonyl (C=O) groups is 1. The van der Waals surface area contributed by atoms with Crippen LogP contribution in [0.15, 0.2) is 24.3 Å². The molecule has 0 spiro atoms. The molecule has 20 heavy (non-hydrogen) atoms. The number of para-hydroxylation sites is 1. The van der Waals surface area contributed by atoms with E-state index in [0.29, 0.717) is 18.9 Å². The zero-order valence-electron chi connectivity index (χ0n) is 11.9. The quantitative estimate of drug-likeness (QED) is 0.903. The van der Waals surface area contributed by atoms with Gasteiger partial charge in [0.1, 0.15) is 6.04 Å². The number of H-pyrrole nitrogens is 1. The summed E-state index contributed by atoms with van der Waals surface area (Å²) in [5.41, 5.74) is 3.45. The highest BCUT2D eigenvalue weighted by atomic mass is 16.4. The average Bonchev–Trinajstić information content (AvgIpc) is 2.74. The minimum atomic E-state index is -0.721. The number of hydrogen-bond donors (Lipinski definition) is 2. The van der Waals surface area contributed by atoms with Crippen LogP contribution in [0.5, 0.6) is 0 Å². The molecule has 0 fully saturated rings. The smallest absolute Gasteiger partial charge is 0.321 e. The van der Waals surface area contributed by atoms with Gasteiger partial charge in [-0.1, -0.05) is 32.0 Å². The van der Waals surface area contributed by atoms with Gasteiger partial charge < -0.3 is 10.1 Å². The molecule has 0 amide bonds. The van der Waals surface area contributed by atoms with Gasteiger partial charge in [0.05, 0.1) is 0 Å². The molecule has 0 saturated heterocycles. The van der Waals surface area contributed by atoms with E-state index in [2.05, 4.69) is 35.9 Å². The number of carboxylic acid groups (broad SMARTS) is 1. The van der Waals surface area contributed by atoms with E-state index in [1.807, 2.05) is 12.1 Å². The second-order valence-electron chi connectivity index (χ2n) is 6.01. The molecule has 1 atom stereocenters. The largest absolute Gasteiger partial charge is 0.480 e. The van der Waals surface area contributed by atoms with E-state index in [1.54, 1.807) is 0 Å². The molecule has 0 aliphatic carbocycles. The van der Waals surface area contributed by atoms with Crippen LogP contribution in [-0.2, 0) is 17.8 Å². The molecule has 2 heterocycles. The van der Waals surface area contributed by atoms with Gasteiger partial charge in [0.2, 0.25) is 0 Å². The molecular weight excluding hydrogens is 252 g/mol. The van der Waals surface area contributed by atoms with Gasteiger partial charge in [-0.05, 0) is 17.5 Å². The second-order valence-corrected chi connectivity index (χ2v) is 6.01. The molecular formula is C16H20N2O2. The van der Waals surface area contributed by atoms with Crippen LogP contribution in [-0.4, -0.2) is 33.5 Å². The summed E-state index contributed by atoms with van der Waals surface area (Å²) >= 11 is 0. The van der Waals surface area contributed by atoms with Crippen LogP contribution in [0.25, 0.3) is 10.9 Å². The summed E-state index contributed by atoms with van der Waals surface area (Å²) in [5.74, 6) is -0.260. The summed E-state index contributed by atoms with van der Waals surface area (Å²) in [6.07, 6.45) is 0.585. The first-order valence-corrected chi connectivity index (χ1v) is 7.11. The molecule has 1 aromatic carbocycles. The van der Waals surface area contributed by atoms with Crippen LogP contribution in [0.1, 0.15) is 25.1 Å². The highest BCUT2D eigenvalue weighted by Gasteiger charge is 2.33. The molecule has 0 bridgehead atoms. The predicted molar refractivity (Wildman–Crippen MR) is 78.7 cm³/mol. The van der Waals surface area contributed by atoms with E-state index in [4.69, 9.17) is 0 Å². The fraction of sp³-hybridized carbons (Fsp3) is 0.438. The second kappa shape index (κ2) is 4.94. The van der Waals surface area contributed by atoms with E-state index in [9.17, 15) is 9.90 Å². The Morgan fingerprint density at radius 2 is 2.20 bits per heavy atom. The van der Waals surface area contributed by atoms with Gasteiger partial charge in [-0.3, -0.25) is 9.69 Å². The Morgan fingerprint density at radius 3 is 2.90 bits per heavy atom. The number of fused-ring (bicyclic) bond motifs is 3. The maximum absolute atomic E-state index is 11.6. The fourth-order valence-electron chi connectivity index (χ4n) is 3.16. The first-order valence-electron chi connectivity index (χ1n) is 7.11. The van der Waals surface area contributed by atoms with Crippen LogP contribution in [0.3, 0.4) is 0 Å².